The molecule has 0 radical (unpaired) electrons. The van der Waals surface area contributed by atoms with Crippen molar-refractivity contribution in [2.75, 3.05) is 4.90 Å². The lowest BCUT2D eigenvalue weighted by atomic mass is 9.42. The van der Waals surface area contributed by atoms with Crippen molar-refractivity contribution in [2.24, 2.45) is 11.8 Å². The van der Waals surface area contributed by atoms with E-state index in [1.165, 1.54) is 18.2 Å². The Morgan fingerprint density at radius 3 is 1.64 bits per heavy atom. The monoisotopic (exact) mass is 456 g/mol. The van der Waals surface area contributed by atoms with Crippen molar-refractivity contribution in [1.82, 2.24) is 0 Å². The number of carboxylic acids is 1. The first-order chi connectivity index (χ1) is 15.7. The zero-order chi connectivity index (χ0) is 23.3. The first-order valence-electron chi connectivity index (χ1n) is 10.8. The average molecular weight is 457 g/mol. The lowest BCUT2D eigenvalue weighted by Crippen LogP contribution is -2.59. The zero-order valence-electron chi connectivity index (χ0n) is 18.0. The molecule has 5 nitrogen and oxygen atoms in total. The number of rotatable bonds is 2. The number of amides is 2. The van der Waals surface area contributed by atoms with E-state index in [2.05, 4.69) is 24.3 Å². The number of carbonyl (C=O) groups excluding carboxylic acids is 3. The van der Waals surface area contributed by atoms with Crippen LogP contribution in [0.1, 0.15) is 46.5 Å². The van der Waals surface area contributed by atoms with E-state index in [0.717, 1.165) is 27.2 Å². The van der Waals surface area contributed by atoms with Crippen LogP contribution in [0.4, 0.5) is 5.69 Å². The van der Waals surface area contributed by atoms with Gasteiger partial charge in [-0.05, 0) is 40.5 Å². The Morgan fingerprint density at radius 1 is 0.818 bits per heavy atom. The summed E-state index contributed by atoms with van der Waals surface area (Å²) in [6, 6.07) is 20.2. The highest BCUT2D eigenvalue weighted by Gasteiger charge is 2.70. The van der Waals surface area contributed by atoms with E-state index in [4.69, 9.17) is 11.6 Å². The molecule has 2 amide bonds. The molecule has 2 bridgehead atoms. The highest BCUT2D eigenvalue weighted by Crippen LogP contribution is 2.66. The number of hydrogen-bond acceptors (Lipinski definition) is 4. The quantitative estimate of drug-likeness (QED) is 0.553. The van der Waals surface area contributed by atoms with E-state index >= 15 is 0 Å². The Balaban J connectivity index is 1.62. The molecule has 3 aromatic carbocycles. The predicted molar refractivity (Wildman–Crippen MR) is 121 cm³/mol. The van der Waals surface area contributed by atoms with Crippen LogP contribution >= 0.6 is 11.6 Å². The van der Waals surface area contributed by atoms with Crippen LogP contribution in [-0.4, -0.2) is 17.8 Å². The largest absolute Gasteiger partial charge is 0.545 e. The summed E-state index contributed by atoms with van der Waals surface area (Å²) >= 11 is 6.01. The molecule has 0 saturated carbocycles. The third-order valence-electron chi connectivity index (χ3n) is 8.07. The fourth-order valence-corrected chi connectivity index (χ4v) is 6.83. The summed E-state index contributed by atoms with van der Waals surface area (Å²) in [5.41, 5.74) is 2.79. The molecule has 164 valence electrons. The van der Waals surface area contributed by atoms with Gasteiger partial charge in [0.25, 0.3) is 0 Å². The van der Waals surface area contributed by atoms with E-state index in [0.29, 0.717) is 0 Å². The number of halogens is 1. The number of nitrogens with zero attached hydrogens (tertiary/aromatic N) is 1. The molecule has 0 N–H and O–H groups in total. The van der Waals surface area contributed by atoms with Crippen molar-refractivity contribution in [3.05, 3.63) is 99.6 Å². The molecule has 3 aliphatic carbocycles. The second-order valence-electron chi connectivity index (χ2n) is 9.41. The molecular formula is C27H19ClNO4-. The number of aromatic carboxylic acids is 1. The van der Waals surface area contributed by atoms with Crippen LogP contribution in [0.5, 0.6) is 0 Å². The molecular weight excluding hydrogens is 438 g/mol. The van der Waals surface area contributed by atoms with Gasteiger partial charge in [-0.1, -0.05) is 74.0 Å². The van der Waals surface area contributed by atoms with Gasteiger partial charge in [0, 0.05) is 21.4 Å². The Morgan fingerprint density at radius 2 is 1.24 bits per heavy atom. The average Bonchev–Trinajstić information content (AvgIpc) is 3.09. The molecule has 0 spiro atoms. The van der Waals surface area contributed by atoms with E-state index in [9.17, 15) is 19.5 Å². The summed E-state index contributed by atoms with van der Waals surface area (Å²) in [6.07, 6.45) is 0. The van der Waals surface area contributed by atoms with Gasteiger partial charge in [0.2, 0.25) is 11.8 Å². The minimum atomic E-state index is -1.46. The Hall–Kier alpha value is -3.44. The summed E-state index contributed by atoms with van der Waals surface area (Å²) in [7, 11) is 0. The SMILES string of the molecule is CC12c3ccccc3C(C)(c3ccccc31)C1C(=O)N(c3ccc(Cl)c(C(=O)[O-])c3)C(=O)C12. The van der Waals surface area contributed by atoms with Crippen LogP contribution in [0.15, 0.2) is 66.7 Å². The first-order valence-corrected chi connectivity index (χ1v) is 11.2. The maximum atomic E-state index is 14.0. The molecule has 0 aromatic heterocycles. The van der Waals surface area contributed by atoms with Gasteiger partial charge in [-0.15, -0.1) is 0 Å². The summed E-state index contributed by atoms with van der Waals surface area (Å²) in [5.74, 6) is -3.33. The van der Waals surface area contributed by atoms with Crippen LogP contribution < -0.4 is 10.0 Å². The van der Waals surface area contributed by atoms with E-state index in [1.807, 2.05) is 38.1 Å². The number of carbonyl (C=O) groups is 3. The molecule has 1 heterocycles. The molecule has 4 aliphatic rings. The Bertz CT molecular complexity index is 1290. The van der Waals surface area contributed by atoms with Crippen LogP contribution in [0.25, 0.3) is 0 Å². The first kappa shape index (κ1) is 20.2. The number of carboxylic acid groups (broad SMARTS) is 1. The molecule has 2 atom stereocenters. The smallest absolute Gasteiger partial charge is 0.238 e. The summed E-state index contributed by atoms with van der Waals surface area (Å²) < 4.78 is 0. The van der Waals surface area contributed by atoms with Gasteiger partial charge in [0.05, 0.1) is 23.5 Å². The van der Waals surface area contributed by atoms with Crippen molar-refractivity contribution in [3.8, 4) is 0 Å². The van der Waals surface area contributed by atoms with Gasteiger partial charge >= 0.3 is 0 Å². The summed E-state index contributed by atoms with van der Waals surface area (Å²) in [4.78, 5) is 40.6. The van der Waals surface area contributed by atoms with Gasteiger partial charge in [0.15, 0.2) is 0 Å². The van der Waals surface area contributed by atoms with Gasteiger partial charge in [-0.3, -0.25) is 9.59 Å². The third kappa shape index (κ3) is 2.21. The van der Waals surface area contributed by atoms with Crippen LogP contribution in [-0.2, 0) is 20.4 Å². The second-order valence-corrected chi connectivity index (χ2v) is 9.82. The van der Waals surface area contributed by atoms with Gasteiger partial charge in [0.1, 0.15) is 0 Å². The molecule has 3 aromatic rings. The highest BCUT2D eigenvalue weighted by molar-refractivity contribution is 6.34. The van der Waals surface area contributed by atoms with Crippen molar-refractivity contribution < 1.29 is 19.5 Å². The summed E-state index contributed by atoms with van der Waals surface area (Å²) in [5, 5.41) is 11.5. The number of anilines is 1. The van der Waals surface area contributed by atoms with Crippen molar-refractivity contribution >= 4 is 35.1 Å². The van der Waals surface area contributed by atoms with Crippen LogP contribution in [0.2, 0.25) is 5.02 Å². The summed E-state index contributed by atoms with van der Waals surface area (Å²) in [6.45, 7) is 4.09. The zero-order valence-corrected chi connectivity index (χ0v) is 18.7. The highest BCUT2D eigenvalue weighted by atomic mass is 35.5. The van der Waals surface area contributed by atoms with Crippen LogP contribution in [0.3, 0.4) is 0 Å². The van der Waals surface area contributed by atoms with Crippen molar-refractivity contribution in [1.29, 1.82) is 0 Å². The van der Waals surface area contributed by atoms with Gasteiger partial charge < -0.3 is 9.90 Å². The standard InChI is InChI=1S/C27H20ClNO4/c1-26-16-7-3-5-9-18(16)27(2,19-10-6-4-8-17(19)26)22-21(26)23(30)29(24(22)31)14-11-12-20(28)15(13-14)25(32)33/h3-13,21-22H,1-2H3,(H,32,33)/p-1. The molecule has 6 heteroatoms. The maximum absolute atomic E-state index is 14.0. The Kier molecular flexibility index (Phi) is 3.87. The fourth-order valence-electron chi connectivity index (χ4n) is 6.63. The lowest BCUT2D eigenvalue weighted by molar-refractivity contribution is -0.255. The normalized spacial score (nSPS) is 29.0. The molecule has 1 fully saturated rings. The molecule has 1 saturated heterocycles. The maximum Gasteiger partial charge on any atom is 0.238 e. The molecule has 2 unspecified atom stereocenters. The van der Waals surface area contributed by atoms with E-state index in [1.54, 1.807) is 0 Å². The number of imide groups is 1. The lowest BCUT2D eigenvalue weighted by Gasteiger charge is -2.57. The minimum absolute atomic E-state index is 0.00550. The Labute approximate surface area is 195 Å². The van der Waals surface area contributed by atoms with Crippen molar-refractivity contribution in [3.63, 3.8) is 0 Å². The van der Waals surface area contributed by atoms with Crippen LogP contribution in [0, 0.1) is 11.8 Å². The van der Waals surface area contributed by atoms with Gasteiger partial charge in [-0.2, -0.15) is 0 Å². The predicted octanol–water partition coefficient (Wildman–Crippen LogP) is 3.45. The second kappa shape index (κ2) is 6.33. The number of hydrogen-bond donors (Lipinski definition) is 0. The van der Waals surface area contributed by atoms with Crippen molar-refractivity contribution in [2.45, 2.75) is 24.7 Å². The number of benzene rings is 3. The molecule has 7 rings (SSSR count). The molecule has 1 aliphatic heterocycles. The third-order valence-corrected chi connectivity index (χ3v) is 8.40. The minimum Gasteiger partial charge on any atom is -0.545 e. The fraction of sp³-hybridized carbons (Fsp3) is 0.222. The van der Waals surface area contributed by atoms with Gasteiger partial charge in [-0.25, -0.2) is 4.90 Å². The molecule has 33 heavy (non-hydrogen) atoms. The van der Waals surface area contributed by atoms with E-state index < -0.39 is 28.6 Å². The topological polar surface area (TPSA) is 77.5 Å². The van der Waals surface area contributed by atoms with E-state index in [-0.39, 0.29) is 28.1 Å².